The summed E-state index contributed by atoms with van der Waals surface area (Å²) in [5.41, 5.74) is 3.76. The van der Waals surface area contributed by atoms with Gasteiger partial charge >= 0.3 is 6.03 Å². The highest BCUT2D eigenvalue weighted by atomic mass is 16.2. The van der Waals surface area contributed by atoms with E-state index in [2.05, 4.69) is 42.7 Å². The van der Waals surface area contributed by atoms with Crippen LogP contribution in [-0.4, -0.2) is 37.6 Å². The standard InChI is InChI=1S/C17H27N3O/c1-13-5-4-6-16(14(13)2)12-20(3)17(21)19-10-8-15-7-9-18-11-15/h4-6,15,18H,7-12H2,1-3H3,(H,19,21). The first kappa shape index (κ1) is 15.8. The van der Waals surface area contributed by atoms with Crippen molar-refractivity contribution >= 4 is 6.03 Å². The molecule has 0 radical (unpaired) electrons. The van der Waals surface area contributed by atoms with Crippen LogP contribution in [0.2, 0.25) is 0 Å². The van der Waals surface area contributed by atoms with Gasteiger partial charge in [-0.15, -0.1) is 0 Å². The fourth-order valence-corrected chi connectivity index (χ4v) is 2.79. The van der Waals surface area contributed by atoms with Gasteiger partial charge in [0.1, 0.15) is 0 Å². The van der Waals surface area contributed by atoms with E-state index in [0.29, 0.717) is 6.54 Å². The first-order chi connectivity index (χ1) is 10.1. The van der Waals surface area contributed by atoms with Gasteiger partial charge < -0.3 is 15.5 Å². The van der Waals surface area contributed by atoms with Gasteiger partial charge in [-0.25, -0.2) is 4.79 Å². The molecule has 4 nitrogen and oxygen atoms in total. The van der Waals surface area contributed by atoms with Gasteiger partial charge in [-0.1, -0.05) is 18.2 Å². The van der Waals surface area contributed by atoms with Gasteiger partial charge in [0.05, 0.1) is 0 Å². The van der Waals surface area contributed by atoms with E-state index in [-0.39, 0.29) is 6.03 Å². The van der Waals surface area contributed by atoms with Crippen LogP contribution in [0.4, 0.5) is 4.79 Å². The third-order valence-corrected chi connectivity index (χ3v) is 4.46. The maximum Gasteiger partial charge on any atom is 0.317 e. The molecule has 1 fully saturated rings. The molecule has 1 atom stereocenters. The van der Waals surface area contributed by atoms with Crippen LogP contribution in [0.3, 0.4) is 0 Å². The molecule has 1 unspecified atom stereocenters. The zero-order chi connectivity index (χ0) is 15.2. The van der Waals surface area contributed by atoms with Crippen molar-refractivity contribution in [2.75, 3.05) is 26.7 Å². The summed E-state index contributed by atoms with van der Waals surface area (Å²) in [6.07, 6.45) is 2.30. The Morgan fingerprint density at radius 2 is 2.24 bits per heavy atom. The molecule has 2 rings (SSSR count). The summed E-state index contributed by atoms with van der Waals surface area (Å²) in [4.78, 5) is 13.9. The summed E-state index contributed by atoms with van der Waals surface area (Å²) in [7, 11) is 1.86. The number of carbonyl (C=O) groups is 1. The Labute approximate surface area is 127 Å². The molecule has 1 saturated heterocycles. The van der Waals surface area contributed by atoms with E-state index in [4.69, 9.17) is 0 Å². The molecule has 1 aromatic carbocycles. The number of amides is 2. The van der Waals surface area contributed by atoms with Crippen molar-refractivity contribution in [2.45, 2.75) is 33.2 Å². The lowest BCUT2D eigenvalue weighted by Gasteiger charge is -2.20. The molecule has 0 aromatic heterocycles. The fourth-order valence-electron chi connectivity index (χ4n) is 2.79. The van der Waals surface area contributed by atoms with Crippen molar-refractivity contribution in [3.05, 3.63) is 34.9 Å². The summed E-state index contributed by atoms with van der Waals surface area (Å²) >= 11 is 0. The summed E-state index contributed by atoms with van der Waals surface area (Å²) in [5.74, 6) is 0.717. The minimum absolute atomic E-state index is 0.0156. The van der Waals surface area contributed by atoms with Crippen LogP contribution < -0.4 is 10.6 Å². The molecule has 1 heterocycles. The zero-order valence-corrected chi connectivity index (χ0v) is 13.4. The molecule has 2 amide bonds. The zero-order valence-electron chi connectivity index (χ0n) is 13.4. The van der Waals surface area contributed by atoms with Crippen LogP contribution in [0.1, 0.15) is 29.5 Å². The lowest BCUT2D eigenvalue weighted by atomic mass is 10.0. The van der Waals surface area contributed by atoms with Crippen LogP contribution in [0.15, 0.2) is 18.2 Å². The first-order valence-corrected chi connectivity index (χ1v) is 7.82. The summed E-state index contributed by atoms with van der Waals surface area (Å²) in [6.45, 7) is 7.85. The van der Waals surface area contributed by atoms with Gasteiger partial charge in [0.2, 0.25) is 0 Å². The molecule has 21 heavy (non-hydrogen) atoms. The molecule has 0 bridgehead atoms. The van der Waals surface area contributed by atoms with Crippen LogP contribution in [0.25, 0.3) is 0 Å². The van der Waals surface area contributed by atoms with Gasteiger partial charge in [-0.2, -0.15) is 0 Å². The van der Waals surface area contributed by atoms with E-state index in [0.717, 1.165) is 32.0 Å². The molecule has 0 saturated carbocycles. The van der Waals surface area contributed by atoms with Gasteiger partial charge in [0, 0.05) is 20.1 Å². The predicted octanol–water partition coefficient (Wildman–Crippen LogP) is 2.44. The van der Waals surface area contributed by atoms with E-state index in [1.807, 2.05) is 7.05 Å². The quantitative estimate of drug-likeness (QED) is 0.874. The Kier molecular flexibility index (Phi) is 5.62. The maximum absolute atomic E-state index is 12.1. The van der Waals surface area contributed by atoms with Crippen molar-refractivity contribution in [1.29, 1.82) is 0 Å². The monoisotopic (exact) mass is 289 g/mol. The number of hydrogen-bond donors (Lipinski definition) is 2. The van der Waals surface area contributed by atoms with Crippen molar-refractivity contribution in [1.82, 2.24) is 15.5 Å². The number of urea groups is 1. The van der Waals surface area contributed by atoms with Crippen LogP contribution in [0, 0.1) is 19.8 Å². The molecular formula is C17H27N3O. The number of rotatable bonds is 5. The minimum Gasteiger partial charge on any atom is -0.338 e. The van der Waals surface area contributed by atoms with Crippen molar-refractivity contribution < 1.29 is 4.79 Å². The highest BCUT2D eigenvalue weighted by molar-refractivity contribution is 5.73. The van der Waals surface area contributed by atoms with Crippen molar-refractivity contribution in [3.8, 4) is 0 Å². The number of nitrogens with one attached hydrogen (secondary N) is 2. The summed E-state index contributed by atoms with van der Waals surface area (Å²) < 4.78 is 0. The average molecular weight is 289 g/mol. The molecular weight excluding hydrogens is 262 g/mol. The average Bonchev–Trinajstić information content (AvgIpc) is 2.97. The molecule has 1 aromatic rings. The van der Waals surface area contributed by atoms with E-state index in [1.54, 1.807) is 4.90 Å². The fraction of sp³-hybridized carbons (Fsp3) is 0.588. The molecule has 1 aliphatic heterocycles. The molecule has 0 aliphatic carbocycles. The number of nitrogens with zero attached hydrogens (tertiary/aromatic N) is 1. The number of aryl methyl sites for hydroxylation is 1. The topological polar surface area (TPSA) is 44.4 Å². The van der Waals surface area contributed by atoms with Crippen LogP contribution >= 0.6 is 0 Å². The van der Waals surface area contributed by atoms with Crippen LogP contribution in [-0.2, 0) is 6.54 Å². The van der Waals surface area contributed by atoms with Gasteiger partial charge in [-0.3, -0.25) is 0 Å². The second-order valence-corrected chi connectivity index (χ2v) is 6.09. The van der Waals surface area contributed by atoms with Crippen molar-refractivity contribution in [3.63, 3.8) is 0 Å². The Balaban J connectivity index is 1.77. The highest BCUT2D eigenvalue weighted by Gasteiger charge is 2.15. The van der Waals surface area contributed by atoms with E-state index in [9.17, 15) is 4.79 Å². The van der Waals surface area contributed by atoms with Gasteiger partial charge in [0.15, 0.2) is 0 Å². The second-order valence-electron chi connectivity index (χ2n) is 6.09. The molecule has 0 spiro atoms. The van der Waals surface area contributed by atoms with Gasteiger partial charge in [-0.05, 0) is 62.4 Å². The third-order valence-electron chi connectivity index (χ3n) is 4.46. The lowest BCUT2D eigenvalue weighted by molar-refractivity contribution is 0.206. The Bertz CT molecular complexity index is 481. The van der Waals surface area contributed by atoms with E-state index < -0.39 is 0 Å². The normalized spacial score (nSPS) is 17.8. The number of carbonyl (C=O) groups excluding carboxylic acids is 1. The van der Waals surface area contributed by atoms with Crippen LogP contribution in [0.5, 0.6) is 0 Å². The molecule has 116 valence electrons. The second kappa shape index (κ2) is 7.46. The van der Waals surface area contributed by atoms with E-state index >= 15 is 0 Å². The molecule has 1 aliphatic rings. The van der Waals surface area contributed by atoms with Gasteiger partial charge in [0.25, 0.3) is 0 Å². The number of benzene rings is 1. The Hall–Kier alpha value is -1.55. The molecule has 4 heteroatoms. The summed E-state index contributed by atoms with van der Waals surface area (Å²) in [5, 5.41) is 6.38. The highest BCUT2D eigenvalue weighted by Crippen LogP contribution is 2.14. The largest absolute Gasteiger partial charge is 0.338 e. The summed E-state index contributed by atoms with van der Waals surface area (Å²) in [6, 6.07) is 6.27. The SMILES string of the molecule is Cc1cccc(CN(C)C(=O)NCCC2CCNC2)c1C. The maximum atomic E-state index is 12.1. The lowest BCUT2D eigenvalue weighted by Crippen LogP contribution is -2.38. The predicted molar refractivity (Wildman–Crippen MR) is 86.4 cm³/mol. The smallest absolute Gasteiger partial charge is 0.317 e. The Morgan fingerprint density at radius 3 is 2.95 bits per heavy atom. The molecule has 2 N–H and O–H groups in total. The Morgan fingerprint density at radius 1 is 1.43 bits per heavy atom. The minimum atomic E-state index is 0.0156. The van der Waals surface area contributed by atoms with Crippen molar-refractivity contribution in [2.24, 2.45) is 5.92 Å². The number of hydrogen-bond acceptors (Lipinski definition) is 2. The van der Waals surface area contributed by atoms with E-state index in [1.165, 1.54) is 23.1 Å². The third kappa shape index (κ3) is 4.46. The first-order valence-electron chi connectivity index (χ1n) is 7.82.